The van der Waals surface area contributed by atoms with E-state index in [0.29, 0.717) is 5.92 Å². The first kappa shape index (κ1) is 53.2. The summed E-state index contributed by atoms with van der Waals surface area (Å²) >= 11 is 0. The molecule has 18 aromatic rings. The van der Waals surface area contributed by atoms with Crippen LogP contribution in [0, 0.1) is 0 Å². The van der Waals surface area contributed by atoms with Gasteiger partial charge in [-0.25, -0.2) is 0 Å². The van der Waals surface area contributed by atoms with Crippen LogP contribution in [-0.4, -0.2) is 0 Å². The molecule has 19 rings (SSSR count). The van der Waals surface area contributed by atoms with Crippen molar-refractivity contribution in [3.8, 4) is 89.0 Å². The summed E-state index contributed by atoms with van der Waals surface area (Å²) in [7, 11) is 0. The van der Waals surface area contributed by atoms with Crippen LogP contribution in [0.5, 0.6) is 0 Å². The van der Waals surface area contributed by atoms with Gasteiger partial charge in [-0.1, -0.05) is 298 Å². The van der Waals surface area contributed by atoms with E-state index in [1.54, 1.807) is 0 Å². The van der Waals surface area contributed by atoms with Crippen molar-refractivity contribution >= 4 is 97.0 Å². The Morgan fingerprint density at radius 2 is 0.613 bits per heavy atom. The first-order valence-corrected chi connectivity index (χ1v) is 32.7. The average Bonchev–Trinajstić information content (AvgIpc) is 0.722. The van der Waals surface area contributed by atoms with Gasteiger partial charge in [0.05, 0.1) is 0 Å². The molecular formula is C93H60. The van der Waals surface area contributed by atoms with Crippen LogP contribution in [-0.2, 0) is 6.42 Å². The zero-order valence-corrected chi connectivity index (χ0v) is 51.5. The van der Waals surface area contributed by atoms with Gasteiger partial charge in [0.1, 0.15) is 0 Å². The third-order valence-corrected chi connectivity index (χ3v) is 20.6. The van der Waals surface area contributed by atoms with Crippen molar-refractivity contribution in [3.63, 3.8) is 0 Å². The van der Waals surface area contributed by atoms with Gasteiger partial charge in [0.2, 0.25) is 0 Å². The highest BCUT2D eigenvalue weighted by atomic mass is 14.3. The summed E-state index contributed by atoms with van der Waals surface area (Å²) in [5, 5.41) is 22.2. The molecule has 1 unspecified atom stereocenters. The van der Waals surface area contributed by atoms with Gasteiger partial charge in [-0.05, 0) is 246 Å². The molecule has 1 aliphatic carbocycles. The summed E-state index contributed by atoms with van der Waals surface area (Å²) in [4.78, 5) is 0. The molecule has 0 N–H and O–H groups in total. The molecule has 18 aromatic carbocycles. The fourth-order valence-electron chi connectivity index (χ4n) is 16.2. The third-order valence-electron chi connectivity index (χ3n) is 20.6. The Labute approximate surface area is 540 Å². The van der Waals surface area contributed by atoms with Crippen LogP contribution in [0.15, 0.2) is 328 Å². The molecular weight excluding hydrogens is 1120 g/mol. The molecule has 0 heteroatoms. The van der Waals surface area contributed by atoms with Gasteiger partial charge < -0.3 is 0 Å². The molecule has 0 heterocycles. The minimum Gasteiger partial charge on any atom is -0.0622 e. The second kappa shape index (κ2) is 21.2. The Hall–Kier alpha value is -11.7. The maximum atomic E-state index is 2.61. The van der Waals surface area contributed by atoms with E-state index in [9.17, 15) is 0 Å². The van der Waals surface area contributed by atoms with Gasteiger partial charge in [-0.15, -0.1) is 0 Å². The fraction of sp³-hybridized carbons (Fsp3) is 0.0323. The molecule has 1 aliphatic rings. The van der Waals surface area contributed by atoms with Gasteiger partial charge in [-0.2, -0.15) is 0 Å². The maximum absolute atomic E-state index is 2.61. The molecule has 0 saturated heterocycles. The van der Waals surface area contributed by atoms with Crippen LogP contribution in [0.25, 0.3) is 186 Å². The average molecular weight is 1180 g/mol. The summed E-state index contributed by atoms with van der Waals surface area (Å²) in [5.74, 6) is 0.299. The zero-order chi connectivity index (χ0) is 61.3. The predicted octanol–water partition coefficient (Wildman–Crippen LogP) is 26.1. The minimum atomic E-state index is 0.299. The van der Waals surface area contributed by atoms with Crippen LogP contribution >= 0.6 is 0 Å². The molecule has 0 amide bonds. The van der Waals surface area contributed by atoms with Gasteiger partial charge in [0.25, 0.3) is 0 Å². The molecule has 93 heavy (non-hydrogen) atoms. The largest absolute Gasteiger partial charge is 0.0622 e. The van der Waals surface area contributed by atoms with E-state index in [1.165, 1.54) is 197 Å². The lowest BCUT2D eigenvalue weighted by atomic mass is 9.75. The van der Waals surface area contributed by atoms with Crippen molar-refractivity contribution in [2.75, 3.05) is 0 Å². The van der Waals surface area contributed by atoms with E-state index < -0.39 is 0 Å². The summed E-state index contributed by atoms with van der Waals surface area (Å²) in [6.07, 6.45) is 0.985. The lowest BCUT2D eigenvalue weighted by Gasteiger charge is -2.29. The Morgan fingerprint density at radius 1 is 0.204 bits per heavy atom. The highest BCUT2D eigenvalue weighted by Crippen LogP contribution is 2.55. The van der Waals surface area contributed by atoms with Crippen molar-refractivity contribution in [3.05, 3.63) is 339 Å². The number of hydrogen-bond acceptors (Lipinski definition) is 0. The summed E-state index contributed by atoms with van der Waals surface area (Å²) in [6, 6.07) is 125. The lowest BCUT2D eigenvalue weighted by Crippen LogP contribution is -2.09. The molecule has 0 bridgehead atoms. The van der Waals surface area contributed by atoms with Crippen molar-refractivity contribution < 1.29 is 0 Å². The van der Waals surface area contributed by atoms with Gasteiger partial charge in [0.15, 0.2) is 0 Å². The van der Waals surface area contributed by atoms with E-state index in [0.717, 1.165) is 6.42 Å². The second-order valence-corrected chi connectivity index (χ2v) is 25.8. The monoisotopic (exact) mass is 1180 g/mol. The molecule has 0 aromatic heterocycles. The standard InChI is InChI=1S/C93H60/c1-57-49-63-22-8-13-29-78(63)83-47-43-72(55-85(57)83)91-89(88-54-64-23-9-14-30-82(64)93-84(88)48-39-62-34-38-69(53-86(62)93)77-28-16-15-27-73(77)58-17-3-2-4-18-58)56-87(68-40-44-79-65(50-68)35-31-59-19-5-10-24-74(59)79)90(70-41-45-80-66(51-70)36-32-60-20-6-11-25-75(60)80)92(91)71-42-46-81-67(52-71)37-33-61-21-7-12-26-76(61)81/h2-48,50-57H,49H2,1H3. The van der Waals surface area contributed by atoms with Crippen LogP contribution in [0.3, 0.4) is 0 Å². The molecule has 1 atom stereocenters. The minimum absolute atomic E-state index is 0.299. The summed E-state index contributed by atoms with van der Waals surface area (Å²) < 4.78 is 0. The highest BCUT2D eigenvalue weighted by molar-refractivity contribution is 6.26. The Kier molecular flexibility index (Phi) is 12.1. The van der Waals surface area contributed by atoms with Gasteiger partial charge in [0, 0.05) is 0 Å². The topological polar surface area (TPSA) is 0 Å². The Bertz CT molecular complexity index is 6160. The molecule has 0 radical (unpaired) electrons. The van der Waals surface area contributed by atoms with Crippen LogP contribution < -0.4 is 0 Å². The van der Waals surface area contributed by atoms with E-state index in [1.807, 2.05) is 0 Å². The van der Waals surface area contributed by atoms with Crippen molar-refractivity contribution in [2.45, 2.75) is 19.3 Å². The quantitative estimate of drug-likeness (QED) is 0.140. The number of hydrogen-bond donors (Lipinski definition) is 0. The normalized spacial score (nSPS) is 13.1. The SMILES string of the molecule is CC1Cc2ccccc2-c2ccc(-c3c(-c4cc5ccccc5c5c4ccc4ccc(-c6ccccc6-c6ccccc6)cc45)cc(-c4ccc5c(ccc6ccccc65)c4)c(-c4ccc5c(ccc6ccccc65)c4)c3-c3ccc4c(ccc5ccccc54)c3)cc21. The maximum Gasteiger partial charge on any atom is -0.00141 e. The molecule has 0 saturated carbocycles. The van der Waals surface area contributed by atoms with Crippen molar-refractivity contribution in [1.82, 2.24) is 0 Å². The van der Waals surface area contributed by atoms with Crippen molar-refractivity contribution in [1.29, 1.82) is 0 Å². The van der Waals surface area contributed by atoms with Crippen LogP contribution in [0.1, 0.15) is 24.0 Å². The van der Waals surface area contributed by atoms with Crippen LogP contribution in [0.2, 0.25) is 0 Å². The molecule has 432 valence electrons. The van der Waals surface area contributed by atoms with E-state index >= 15 is 0 Å². The van der Waals surface area contributed by atoms with E-state index in [2.05, 4.69) is 335 Å². The molecule has 0 nitrogen and oxygen atoms in total. The zero-order valence-electron chi connectivity index (χ0n) is 51.5. The highest BCUT2D eigenvalue weighted by Gasteiger charge is 2.29. The Balaban J connectivity index is 0.988. The van der Waals surface area contributed by atoms with E-state index in [-0.39, 0.29) is 0 Å². The van der Waals surface area contributed by atoms with Gasteiger partial charge >= 0.3 is 0 Å². The first-order valence-electron chi connectivity index (χ1n) is 32.7. The number of rotatable bonds is 7. The molecule has 0 spiro atoms. The number of fused-ring (bicyclic) bond motifs is 17. The van der Waals surface area contributed by atoms with Gasteiger partial charge in [-0.3, -0.25) is 0 Å². The predicted molar refractivity (Wildman–Crippen MR) is 400 cm³/mol. The first-order chi connectivity index (χ1) is 46.0. The summed E-state index contributed by atoms with van der Waals surface area (Å²) in [5.41, 5.74) is 22.2. The smallest absolute Gasteiger partial charge is 0.00141 e. The molecule has 0 aliphatic heterocycles. The lowest BCUT2D eigenvalue weighted by molar-refractivity contribution is 0.749. The fourth-order valence-corrected chi connectivity index (χ4v) is 16.2. The van der Waals surface area contributed by atoms with Crippen molar-refractivity contribution in [2.24, 2.45) is 0 Å². The number of benzene rings is 18. The molecule has 0 fully saturated rings. The van der Waals surface area contributed by atoms with Crippen LogP contribution in [0.4, 0.5) is 0 Å². The third kappa shape index (κ3) is 8.60. The van der Waals surface area contributed by atoms with E-state index in [4.69, 9.17) is 0 Å². The Morgan fingerprint density at radius 3 is 1.27 bits per heavy atom. The second-order valence-electron chi connectivity index (χ2n) is 25.8. The summed E-state index contributed by atoms with van der Waals surface area (Å²) in [6.45, 7) is 2.43.